The van der Waals surface area contributed by atoms with Crippen LogP contribution in [0.2, 0.25) is 0 Å². The van der Waals surface area contributed by atoms with Crippen molar-refractivity contribution in [3.8, 4) is 5.75 Å². The molecule has 0 saturated heterocycles. The molecule has 1 N–H and O–H groups in total. The zero-order valence-corrected chi connectivity index (χ0v) is 17.2. The minimum absolute atomic E-state index is 0.0228. The largest absolute Gasteiger partial charge is 0.484 e. The molecule has 0 aliphatic carbocycles. The Bertz CT molecular complexity index is 1000. The zero-order chi connectivity index (χ0) is 20.8. The molecule has 0 fully saturated rings. The summed E-state index contributed by atoms with van der Waals surface area (Å²) in [7, 11) is 0. The van der Waals surface area contributed by atoms with Gasteiger partial charge >= 0.3 is 0 Å². The summed E-state index contributed by atoms with van der Waals surface area (Å²) in [6, 6.07) is 14.4. The minimum atomic E-state index is -0.450. The van der Waals surface area contributed by atoms with Crippen LogP contribution in [0.3, 0.4) is 0 Å². The molecule has 2 aromatic carbocycles. The van der Waals surface area contributed by atoms with Crippen molar-refractivity contribution in [2.45, 2.75) is 37.9 Å². The molecular weight excluding hydrogens is 390 g/mol. The topological polar surface area (TPSA) is 94.3 Å². The number of ether oxygens (including phenoxy) is 1. The quantitative estimate of drug-likeness (QED) is 0.437. The Morgan fingerprint density at radius 1 is 1.17 bits per heavy atom. The molecule has 8 heteroatoms. The van der Waals surface area contributed by atoms with E-state index in [1.165, 1.54) is 6.92 Å². The number of anilines is 1. The summed E-state index contributed by atoms with van der Waals surface area (Å²) in [5, 5.41) is 10.5. The molecule has 1 aromatic heterocycles. The van der Waals surface area contributed by atoms with E-state index in [0.717, 1.165) is 23.1 Å². The second kappa shape index (κ2) is 9.38. The van der Waals surface area contributed by atoms with Gasteiger partial charge in [0.05, 0.1) is 5.25 Å². The van der Waals surface area contributed by atoms with E-state index in [0.29, 0.717) is 22.4 Å². The number of amides is 1. The average molecular weight is 411 g/mol. The van der Waals surface area contributed by atoms with Crippen molar-refractivity contribution < 1.29 is 18.7 Å². The summed E-state index contributed by atoms with van der Waals surface area (Å²) in [6.45, 7) is 5.38. The monoisotopic (exact) mass is 411 g/mol. The van der Waals surface area contributed by atoms with Gasteiger partial charge in [-0.15, -0.1) is 10.2 Å². The molecule has 1 heterocycles. The number of aromatic nitrogens is 2. The molecule has 0 spiro atoms. The van der Waals surface area contributed by atoms with Crippen molar-refractivity contribution in [3.05, 3.63) is 65.5 Å². The molecule has 1 amide bonds. The van der Waals surface area contributed by atoms with Crippen molar-refractivity contribution in [1.29, 1.82) is 0 Å². The van der Waals surface area contributed by atoms with Gasteiger partial charge in [-0.05, 0) is 62.7 Å². The van der Waals surface area contributed by atoms with Crippen molar-refractivity contribution in [1.82, 2.24) is 10.2 Å². The third kappa shape index (κ3) is 5.92. The number of Topliss-reactive ketones (excluding diaryl/α,β-unsaturated/α-hetero) is 1. The summed E-state index contributed by atoms with van der Waals surface area (Å²) in [4.78, 5) is 23.7. The first-order valence-corrected chi connectivity index (χ1v) is 9.89. The highest BCUT2D eigenvalue weighted by Gasteiger charge is 2.19. The number of benzene rings is 2. The molecule has 7 nitrogen and oxygen atoms in total. The van der Waals surface area contributed by atoms with Crippen LogP contribution in [-0.4, -0.2) is 27.1 Å². The van der Waals surface area contributed by atoms with E-state index >= 15 is 0 Å². The Kier molecular flexibility index (Phi) is 6.66. The maximum absolute atomic E-state index is 12.4. The highest BCUT2D eigenvalue weighted by molar-refractivity contribution is 8.00. The van der Waals surface area contributed by atoms with Crippen LogP contribution >= 0.6 is 11.8 Å². The Hall–Kier alpha value is -3.13. The van der Waals surface area contributed by atoms with Crippen LogP contribution in [0.25, 0.3) is 0 Å². The molecule has 29 heavy (non-hydrogen) atoms. The number of hydrogen-bond acceptors (Lipinski definition) is 7. The van der Waals surface area contributed by atoms with Gasteiger partial charge in [0.2, 0.25) is 5.91 Å². The first-order valence-electron chi connectivity index (χ1n) is 9.01. The van der Waals surface area contributed by atoms with E-state index in [-0.39, 0.29) is 18.3 Å². The van der Waals surface area contributed by atoms with Gasteiger partial charge in [0.15, 0.2) is 12.4 Å². The van der Waals surface area contributed by atoms with Gasteiger partial charge in [0.1, 0.15) is 5.75 Å². The average Bonchev–Trinajstić information content (AvgIpc) is 3.14. The molecule has 3 rings (SSSR count). The molecule has 3 aromatic rings. The normalized spacial score (nSPS) is 11.7. The van der Waals surface area contributed by atoms with Crippen LogP contribution in [0, 0.1) is 6.92 Å². The second-order valence-corrected chi connectivity index (χ2v) is 7.74. The predicted molar refractivity (Wildman–Crippen MR) is 110 cm³/mol. The fourth-order valence-corrected chi connectivity index (χ4v) is 3.13. The lowest BCUT2D eigenvalue weighted by Gasteiger charge is -2.10. The third-order valence-electron chi connectivity index (χ3n) is 4.01. The van der Waals surface area contributed by atoms with Gasteiger partial charge in [-0.1, -0.05) is 23.9 Å². The molecule has 0 aliphatic heterocycles. The Morgan fingerprint density at radius 3 is 2.62 bits per heavy atom. The fraction of sp³-hybridized carbons (Fsp3) is 0.238. The minimum Gasteiger partial charge on any atom is -0.484 e. The predicted octanol–water partition coefficient (Wildman–Crippen LogP) is 4.28. The van der Waals surface area contributed by atoms with E-state index < -0.39 is 5.25 Å². The first-order chi connectivity index (χ1) is 13.9. The molecular formula is C21H21N3O4S. The van der Waals surface area contributed by atoms with Crippen molar-refractivity contribution in [3.63, 3.8) is 0 Å². The standard InChI is InChI=1S/C21H21N3O4S/c1-13-5-4-6-18(11-13)27-12-19-23-24-21(28-19)29-15(3)20(26)22-17-9-7-16(8-10-17)14(2)25/h4-11,15H,12H2,1-3H3,(H,22,26)/t15-/m1/s1. The third-order valence-corrected chi connectivity index (χ3v) is 4.94. The number of carbonyl (C=O) groups excluding carboxylic acids is 2. The van der Waals surface area contributed by atoms with E-state index in [1.54, 1.807) is 31.2 Å². The lowest BCUT2D eigenvalue weighted by molar-refractivity contribution is -0.115. The van der Waals surface area contributed by atoms with Crippen molar-refractivity contribution in [2.75, 3.05) is 5.32 Å². The van der Waals surface area contributed by atoms with E-state index in [9.17, 15) is 9.59 Å². The molecule has 0 unspecified atom stereocenters. The smallest absolute Gasteiger partial charge is 0.277 e. The SMILES string of the molecule is CC(=O)c1ccc(NC(=O)[C@@H](C)Sc2nnc(COc3cccc(C)c3)o2)cc1. The molecule has 0 saturated carbocycles. The number of thioether (sulfide) groups is 1. The summed E-state index contributed by atoms with van der Waals surface area (Å²) in [5.74, 6) is 0.828. The molecule has 0 aliphatic rings. The summed E-state index contributed by atoms with van der Waals surface area (Å²) in [5.41, 5.74) is 2.31. The lowest BCUT2D eigenvalue weighted by atomic mass is 10.1. The number of nitrogens with zero attached hydrogens (tertiary/aromatic N) is 2. The Morgan fingerprint density at radius 2 is 1.93 bits per heavy atom. The number of ketones is 1. The van der Waals surface area contributed by atoms with Gasteiger partial charge < -0.3 is 14.5 Å². The van der Waals surface area contributed by atoms with Gasteiger partial charge in [-0.25, -0.2) is 0 Å². The molecule has 150 valence electrons. The number of rotatable bonds is 8. The zero-order valence-electron chi connectivity index (χ0n) is 16.3. The van der Waals surface area contributed by atoms with E-state index in [2.05, 4.69) is 15.5 Å². The fourth-order valence-electron chi connectivity index (χ4n) is 2.43. The molecule has 0 bridgehead atoms. The molecule has 0 radical (unpaired) electrons. The van der Waals surface area contributed by atoms with Crippen LogP contribution in [0.1, 0.15) is 35.7 Å². The number of aryl methyl sites for hydroxylation is 1. The summed E-state index contributed by atoms with van der Waals surface area (Å²) < 4.78 is 11.2. The van der Waals surface area contributed by atoms with Crippen LogP contribution in [0.4, 0.5) is 5.69 Å². The van der Waals surface area contributed by atoms with Gasteiger partial charge in [0, 0.05) is 11.3 Å². The van der Waals surface area contributed by atoms with E-state index in [1.807, 2.05) is 31.2 Å². The van der Waals surface area contributed by atoms with Crippen molar-refractivity contribution in [2.24, 2.45) is 0 Å². The van der Waals surface area contributed by atoms with Crippen LogP contribution in [-0.2, 0) is 11.4 Å². The summed E-state index contributed by atoms with van der Waals surface area (Å²) in [6.07, 6.45) is 0. The molecule has 1 atom stereocenters. The van der Waals surface area contributed by atoms with Crippen molar-refractivity contribution >= 4 is 29.1 Å². The van der Waals surface area contributed by atoms with Crippen LogP contribution in [0.5, 0.6) is 5.75 Å². The number of hydrogen-bond donors (Lipinski definition) is 1. The highest BCUT2D eigenvalue weighted by Crippen LogP contribution is 2.24. The van der Waals surface area contributed by atoms with Gasteiger partial charge in [0.25, 0.3) is 11.1 Å². The Balaban J connectivity index is 1.51. The summed E-state index contributed by atoms with van der Waals surface area (Å²) >= 11 is 1.16. The maximum atomic E-state index is 12.4. The highest BCUT2D eigenvalue weighted by atomic mass is 32.2. The number of carbonyl (C=O) groups is 2. The van der Waals surface area contributed by atoms with Gasteiger partial charge in [-0.2, -0.15) is 0 Å². The first kappa shape index (κ1) is 20.6. The van der Waals surface area contributed by atoms with Gasteiger partial charge in [-0.3, -0.25) is 9.59 Å². The second-order valence-electron chi connectivity index (χ2n) is 6.45. The Labute approximate surface area is 172 Å². The maximum Gasteiger partial charge on any atom is 0.277 e. The van der Waals surface area contributed by atoms with Crippen LogP contribution in [0.15, 0.2) is 58.2 Å². The van der Waals surface area contributed by atoms with E-state index in [4.69, 9.17) is 9.15 Å². The van der Waals surface area contributed by atoms with Crippen LogP contribution < -0.4 is 10.1 Å². The number of nitrogens with one attached hydrogen (secondary N) is 1. The lowest BCUT2D eigenvalue weighted by Crippen LogP contribution is -2.22.